The van der Waals surface area contributed by atoms with Crippen LogP contribution in [0.4, 0.5) is 0 Å². The molecule has 4 unspecified atom stereocenters. The van der Waals surface area contributed by atoms with Gasteiger partial charge in [0.15, 0.2) is 0 Å². The molecule has 1 aliphatic rings. The van der Waals surface area contributed by atoms with Gasteiger partial charge in [-0.25, -0.2) is 0 Å². The molecular weight excluding hydrogens is 202 g/mol. The van der Waals surface area contributed by atoms with Gasteiger partial charge in [-0.2, -0.15) is 0 Å². The summed E-state index contributed by atoms with van der Waals surface area (Å²) in [7, 11) is 0. The van der Waals surface area contributed by atoms with Gasteiger partial charge in [0, 0.05) is 6.04 Å². The van der Waals surface area contributed by atoms with Crippen LogP contribution in [0.2, 0.25) is 0 Å². The molecule has 0 aromatic carbocycles. The van der Waals surface area contributed by atoms with Gasteiger partial charge < -0.3 is 5.11 Å². The molecule has 0 amide bonds. The van der Waals surface area contributed by atoms with Crippen LogP contribution in [0, 0.1) is 11.8 Å². The second-order valence-electron chi connectivity index (χ2n) is 5.51. The van der Waals surface area contributed by atoms with Gasteiger partial charge in [0.1, 0.15) is 5.54 Å². The number of hydrogen-bond acceptors (Lipinski definition) is 2. The van der Waals surface area contributed by atoms with E-state index >= 15 is 0 Å². The zero-order valence-corrected chi connectivity index (χ0v) is 10.9. The van der Waals surface area contributed by atoms with Crippen molar-refractivity contribution in [3.63, 3.8) is 0 Å². The molecule has 0 aliphatic heterocycles. The fourth-order valence-electron chi connectivity index (χ4n) is 2.78. The minimum atomic E-state index is -0.693. The summed E-state index contributed by atoms with van der Waals surface area (Å²) >= 11 is 0. The van der Waals surface area contributed by atoms with Crippen LogP contribution in [-0.4, -0.2) is 22.7 Å². The second kappa shape index (κ2) is 5.17. The van der Waals surface area contributed by atoms with E-state index in [1.165, 1.54) is 0 Å². The lowest BCUT2D eigenvalue weighted by atomic mass is 9.69. The van der Waals surface area contributed by atoms with E-state index in [1.54, 1.807) is 0 Å². The molecule has 1 rings (SSSR count). The lowest BCUT2D eigenvalue weighted by molar-refractivity contribution is -0.150. The maximum atomic E-state index is 11.6. The van der Waals surface area contributed by atoms with Crippen molar-refractivity contribution in [2.24, 2.45) is 11.8 Å². The molecule has 2 N–H and O–H groups in total. The summed E-state index contributed by atoms with van der Waals surface area (Å²) in [5, 5.41) is 12.9. The van der Waals surface area contributed by atoms with E-state index in [1.807, 2.05) is 0 Å². The van der Waals surface area contributed by atoms with Gasteiger partial charge in [0.25, 0.3) is 0 Å². The molecule has 1 aliphatic carbocycles. The Morgan fingerprint density at radius 2 is 2.19 bits per heavy atom. The first-order valence-corrected chi connectivity index (χ1v) is 6.43. The zero-order valence-electron chi connectivity index (χ0n) is 10.9. The molecule has 0 saturated heterocycles. The van der Waals surface area contributed by atoms with Crippen molar-refractivity contribution >= 4 is 5.97 Å². The summed E-state index contributed by atoms with van der Waals surface area (Å²) in [5.74, 6) is 0.191. The van der Waals surface area contributed by atoms with Gasteiger partial charge in [0.2, 0.25) is 0 Å². The predicted octanol–water partition coefficient (Wildman–Crippen LogP) is 2.65. The number of aliphatic carboxylic acids is 1. The summed E-state index contributed by atoms with van der Waals surface area (Å²) in [4.78, 5) is 11.6. The molecule has 3 heteroatoms. The first kappa shape index (κ1) is 13.5. The smallest absolute Gasteiger partial charge is 0.324 e. The Balaban J connectivity index is 2.83. The number of rotatable bonds is 4. The van der Waals surface area contributed by atoms with Crippen molar-refractivity contribution < 1.29 is 9.90 Å². The number of carboxylic acids is 1. The Labute approximate surface area is 98.6 Å². The standard InChI is InChI=1S/C13H25NO2/c1-5-11(4)14-13(12(15)16)7-6-9(2)8-10(13)3/h9-11,14H,5-8H2,1-4H3,(H,15,16). The molecule has 94 valence electrons. The van der Waals surface area contributed by atoms with Crippen molar-refractivity contribution in [1.29, 1.82) is 0 Å². The Morgan fingerprint density at radius 1 is 1.56 bits per heavy atom. The molecule has 16 heavy (non-hydrogen) atoms. The van der Waals surface area contributed by atoms with E-state index < -0.39 is 11.5 Å². The van der Waals surface area contributed by atoms with Crippen LogP contribution >= 0.6 is 0 Å². The molecule has 4 atom stereocenters. The molecule has 0 bridgehead atoms. The lowest BCUT2D eigenvalue weighted by Crippen LogP contribution is -2.61. The second-order valence-corrected chi connectivity index (χ2v) is 5.51. The molecule has 1 saturated carbocycles. The van der Waals surface area contributed by atoms with Gasteiger partial charge >= 0.3 is 5.97 Å². The van der Waals surface area contributed by atoms with E-state index in [0.29, 0.717) is 5.92 Å². The normalized spacial score (nSPS) is 37.0. The largest absolute Gasteiger partial charge is 0.480 e. The lowest BCUT2D eigenvalue weighted by Gasteiger charge is -2.43. The Kier molecular flexibility index (Phi) is 4.36. The molecular formula is C13H25NO2. The quantitative estimate of drug-likeness (QED) is 0.776. The summed E-state index contributed by atoms with van der Waals surface area (Å²) in [6.07, 6.45) is 3.75. The van der Waals surface area contributed by atoms with Gasteiger partial charge in [-0.3, -0.25) is 10.1 Å². The van der Waals surface area contributed by atoms with Crippen LogP contribution in [-0.2, 0) is 4.79 Å². The molecule has 0 aromatic rings. The van der Waals surface area contributed by atoms with Crippen molar-refractivity contribution in [1.82, 2.24) is 5.32 Å². The molecule has 3 nitrogen and oxygen atoms in total. The topological polar surface area (TPSA) is 49.3 Å². The van der Waals surface area contributed by atoms with Gasteiger partial charge in [-0.1, -0.05) is 20.8 Å². The Bertz CT molecular complexity index is 254. The molecule has 0 heterocycles. The van der Waals surface area contributed by atoms with E-state index in [2.05, 4.69) is 33.0 Å². The van der Waals surface area contributed by atoms with Crippen LogP contribution in [0.1, 0.15) is 53.4 Å². The SMILES string of the molecule is CCC(C)NC1(C(=O)O)CCC(C)CC1C. The maximum absolute atomic E-state index is 11.6. The Morgan fingerprint density at radius 3 is 2.62 bits per heavy atom. The number of carboxylic acid groups (broad SMARTS) is 1. The number of hydrogen-bond donors (Lipinski definition) is 2. The molecule has 0 aromatic heterocycles. The van der Waals surface area contributed by atoms with Crippen LogP contribution < -0.4 is 5.32 Å². The average Bonchev–Trinajstić information content (AvgIpc) is 2.21. The fourth-order valence-corrected chi connectivity index (χ4v) is 2.78. The summed E-state index contributed by atoms with van der Waals surface area (Å²) in [6, 6.07) is 0.270. The van der Waals surface area contributed by atoms with Crippen LogP contribution in [0.15, 0.2) is 0 Å². The number of carbonyl (C=O) groups is 1. The van der Waals surface area contributed by atoms with Crippen molar-refractivity contribution in [3.05, 3.63) is 0 Å². The molecule has 0 spiro atoms. The third kappa shape index (κ3) is 2.57. The van der Waals surface area contributed by atoms with E-state index in [-0.39, 0.29) is 12.0 Å². The predicted molar refractivity (Wildman–Crippen MR) is 65.4 cm³/mol. The third-order valence-electron chi connectivity index (χ3n) is 4.13. The van der Waals surface area contributed by atoms with Crippen molar-refractivity contribution in [2.45, 2.75) is 65.0 Å². The van der Waals surface area contributed by atoms with Crippen LogP contribution in [0.3, 0.4) is 0 Å². The highest BCUT2D eigenvalue weighted by Gasteiger charge is 2.46. The molecule has 0 radical (unpaired) electrons. The monoisotopic (exact) mass is 227 g/mol. The van der Waals surface area contributed by atoms with Crippen LogP contribution in [0.5, 0.6) is 0 Å². The molecule has 1 fully saturated rings. The first-order valence-electron chi connectivity index (χ1n) is 6.43. The van der Waals surface area contributed by atoms with Gasteiger partial charge in [0.05, 0.1) is 0 Å². The van der Waals surface area contributed by atoms with E-state index in [0.717, 1.165) is 25.7 Å². The highest BCUT2D eigenvalue weighted by atomic mass is 16.4. The van der Waals surface area contributed by atoms with Crippen molar-refractivity contribution in [3.8, 4) is 0 Å². The summed E-state index contributed by atoms with van der Waals surface area (Å²) < 4.78 is 0. The summed E-state index contributed by atoms with van der Waals surface area (Å²) in [6.45, 7) is 8.43. The van der Waals surface area contributed by atoms with Gasteiger partial charge in [-0.05, 0) is 44.4 Å². The maximum Gasteiger partial charge on any atom is 0.324 e. The average molecular weight is 227 g/mol. The van der Waals surface area contributed by atoms with Crippen LogP contribution in [0.25, 0.3) is 0 Å². The summed E-state index contributed by atoms with van der Waals surface area (Å²) in [5.41, 5.74) is -0.693. The highest BCUT2D eigenvalue weighted by molar-refractivity contribution is 5.79. The van der Waals surface area contributed by atoms with E-state index in [9.17, 15) is 9.90 Å². The minimum absolute atomic E-state index is 0.211. The minimum Gasteiger partial charge on any atom is -0.480 e. The zero-order chi connectivity index (χ0) is 12.3. The van der Waals surface area contributed by atoms with Crippen molar-refractivity contribution in [2.75, 3.05) is 0 Å². The highest BCUT2D eigenvalue weighted by Crippen LogP contribution is 2.37. The van der Waals surface area contributed by atoms with E-state index in [4.69, 9.17) is 0 Å². The third-order valence-corrected chi connectivity index (χ3v) is 4.13. The Hall–Kier alpha value is -0.570. The fraction of sp³-hybridized carbons (Fsp3) is 0.923. The number of nitrogens with one attached hydrogen (secondary N) is 1. The van der Waals surface area contributed by atoms with Gasteiger partial charge in [-0.15, -0.1) is 0 Å². The first-order chi connectivity index (χ1) is 7.42.